The van der Waals surface area contributed by atoms with Gasteiger partial charge in [0, 0.05) is 25.7 Å². The number of nitrogens with one attached hydrogen (secondary N) is 1. The molecule has 0 amide bonds. The van der Waals surface area contributed by atoms with Crippen LogP contribution in [0.2, 0.25) is 0 Å². The van der Waals surface area contributed by atoms with Crippen LogP contribution < -0.4 is 10.2 Å². The molecule has 1 heterocycles. The summed E-state index contributed by atoms with van der Waals surface area (Å²) in [6.07, 6.45) is 5.35. The Labute approximate surface area is 111 Å². The Kier molecular flexibility index (Phi) is 4.59. The molecule has 3 heteroatoms. The molecule has 0 atom stereocenters. The van der Waals surface area contributed by atoms with Gasteiger partial charge in [0.15, 0.2) is 0 Å². The van der Waals surface area contributed by atoms with Gasteiger partial charge in [0.2, 0.25) is 0 Å². The number of rotatable bonds is 5. The van der Waals surface area contributed by atoms with E-state index in [1.807, 2.05) is 0 Å². The molecule has 1 aliphatic rings. The summed E-state index contributed by atoms with van der Waals surface area (Å²) in [6.45, 7) is 5.17. The molecule has 18 heavy (non-hydrogen) atoms. The second kappa shape index (κ2) is 6.19. The monoisotopic (exact) mass is 247 g/mol. The third-order valence-corrected chi connectivity index (χ3v) is 3.72. The molecule has 0 unspecified atom stereocenters. The summed E-state index contributed by atoms with van der Waals surface area (Å²) >= 11 is 0. The van der Waals surface area contributed by atoms with E-state index in [1.54, 1.807) is 0 Å². The Balaban J connectivity index is 2.01. The van der Waals surface area contributed by atoms with E-state index in [2.05, 4.69) is 49.3 Å². The first-order chi connectivity index (χ1) is 8.66. The fourth-order valence-electron chi connectivity index (χ4n) is 2.55. The van der Waals surface area contributed by atoms with Crippen molar-refractivity contribution in [3.8, 4) is 0 Å². The van der Waals surface area contributed by atoms with Gasteiger partial charge in [-0.15, -0.1) is 0 Å². The van der Waals surface area contributed by atoms with Crippen LogP contribution in [0, 0.1) is 0 Å². The highest BCUT2D eigenvalue weighted by Gasteiger charge is 2.20. The van der Waals surface area contributed by atoms with Gasteiger partial charge in [0.05, 0.1) is 5.69 Å². The van der Waals surface area contributed by atoms with Gasteiger partial charge in [-0.2, -0.15) is 0 Å². The molecule has 1 N–H and O–H groups in total. The number of anilines is 1. The number of nitrogens with zero attached hydrogens (tertiary/aromatic N) is 2. The normalized spacial score (nSPS) is 16.4. The zero-order chi connectivity index (χ0) is 13.0. The highest BCUT2D eigenvalue weighted by Crippen LogP contribution is 2.25. The zero-order valence-electron chi connectivity index (χ0n) is 11.8. The van der Waals surface area contributed by atoms with E-state index in [1.165, 1.54) is 25.7 Å². The van der Waals surface area contributed by atoms with E-state index >= 15 is 0 Å². The van der Waals surface area contributed by atoms with Gasteiger partial charge >= 0.3 is 0 Å². The summed E-state index contributed by atoms with van der Waals surface area (Å²) in [5.74, 6) is 1.12. The maximum absolute atomic E-state index is 4.75. The first-order valence-electron chi connectivity index (χ1n) is 7.09. The minimum Gasteiger partial charge on any atom is -0.357 e. The lowest BCUT2D eigenvalue weighted by Gasteiger charge is -2.25. The van der Waals surface area contributed by atoms with Gasteiger partial charge in [-0.3, -0.25) is 0 Å². The summed E-state index contributed by atoms with van der Waals surface area (Å²) in [5.41, 5.74) is 1.13. The SMILES string of the molecule is CC(C)NCc1cccc(N(C)C2CCCC2)n1. The molecular formula is C15H25N3. The number of aromatic nitrogens is 1. The fraction of sp³-hybridized carbons (Fsp3) is 0.667. The Morgan fingerprint density at radius 2 is 2.06 bits per heavy atom. The third kappa shape index (κ3) is 3.45. The van der Waals surface area contributed by atoms with Crippen molar-refractivity contribution in [1.82, 2.24) is 10.3 Å². The average molecular weight is 247 g/mol. The lowest BCUT2D eigenvalue weighted by molar-refractivity contribution is 0.579. The van der Waals surface area contributed by atoms with Crippen molar-refractivity contribution in [2.75, 3.05) is 11.9 Å². The summed E-state index contributed by atoms with van der Waals surface area (Å²) in [6, 6.07) is 7.53. The van der Waals surface area contributed by atoms with Crippen molar-refractivity contribution < 1.29 is 0 Å². The minimum absolute atomic E-state index is 0.503. The van der Waals surface area contributed by atoms with Crippen LogP contribution in [0.5, 0.6) is 0 Å². The lowest BCUT2D eigenvalue weighted by Crippen LogP contribution is -2.30. The van der Waals surface area contributed by atoms with Crippen LogP contribution >= 0.6 is 0 Å². The molecule has 0 saturated heterocycles. The minimum atomic E-state index is 0.503. The molecule has 1 saturated carbocycles. The molecule has 1 aromatic heterocycles. The van der Waals surface area contributed by atoms with Crippen LogP contribution in [-0.2, 0) is 6.54 Å². The third-order valence-electron chi connectivity index (χ3n) is 3.72. The van der Waals surface area contributed by atoms with Crippen molar-refractivity contribution in [2.45, 2.75) is 58.2 Å². The fourth-order valence-corrected chi connectivity index (χ4v) is 2.55. The molecule has 1 aromatic rings. The van der Waals surface area contributed by atoms with E-state index in [9.17, 15) is 0 Å². The highest BCUT2D eigenvalue weighted by atomic mass is 15.2. The van der Waals surface area contributed by atoms with Crippen LogP contribution in [0.15, 0.2) is 18.2 Å². The molecule has 0 radical (unpaired) electrons. The Bertz CT molecular complexity index is 370. The van der Waals surface area contributed by atoms with E-state index in [-0.39, 0.29) is 0 Å². The number of hydrogen-bond acceptors (Lipinski definition) is 3. The molecule has 3 nitrogen and oxygen atoms in total. The second-order valence-corrected chi connectivity index (χ2v) is 5.57. The predicted octanol–water partition coefficient (Wildman–Crippen LogP) is 2.96. The van der Waals surface area contributed by atoms with E-state index in [4.69, 9.17) is 4.98 Å². The summed E-state index contributed by atoms with van der Waals surface area (Å²) in [7, 11) is 2.18. The molecule has 100 valence electrons. The number of pyridine rings is 1. The van der Waals surface area contributed by atoms with Crippen LogP contribution in [-0.4, -0.2) is 24.1 Å². The van der Waals surface area contributed by atoms with Gasteiger partial charge in [0.25, 0.3) is 0 Å². The van der Waals surface area contributed by atoms with Gasteiger partial charge < -0.3 is 10.2 Å². The summed E-state index contributed by atoms with van der Waals surface area (Å²) in [5, 5.41) is 3.42. The average Bonchev–Trinajstić information content (AvgIpc) is 2.89. The van der Waals surface area contributed by atoms with Crippen LogP contribution in [0.25, 0.3) is 0 Å². The van der Waals surface area contributed by atoms with Crippen LogP contribution in [0.3, 0.4) is 0 Å². The summed E-state index contributed by atoms with van der Waals surface area (Å²) < 4.78 is 0. The van der Waals surface area contributed by atoms with Crippen molar-refractivity contribution in [1.29, 1.82) is 0 Å². The maximum atomic E-state index is 4.75. The Hall–Kier alpha value is -1.09. The molecule has 0 bridgehead atoms. The quantitative estimate of drug-likeness (QED) is 0.867. The standard InChI is InChI=1S/C15H25N3/c1-12(2)16-11-13-7-6-10-15(17-13)18(3)14-8-4-5-9-14/h6-7,10,12,14,16H,4-5,8-9,11H2,1-3H3. The zero-order valence-corrected chi connectivity index (χ0v) is 11.8. The highest BCUT2D eigenvalue weighted by molar-refractivity contribution is 5.39. The van der Waals surface area contributed by atoms with E-state index in [0.717, 1.165) is 18.1 Å². The first kappa shape index (κ1) is 13.3. The van der Waals surface area contributed by atoms with E-state index < -0.39 is 0 Å². The van der Waals surface area contributed by atoms with Crippen LogP contribution in [0.1, 0.15) is 45.2 Å². The second-order valence-electron chi connectivity index (χ2n) is 5.57. The van der Waals surface area contributed by atoms with Crippen molar-refractivity contribution in [3.05, 3.63) is 23.9 Å². The van der Waals surface area contributed by atoms with Crippen molar-refractivity contribution >= 4 is 5.82 Å². The molecule has 1 aliphatic carbocycles. The molecule has 0 aromatic carbocycles. The Morgan fingerprint density at radius 1 is 1.33 bits per heavy atom. The molecule has 1 fully saturated rings. The largest absolute Gasteiger partial charge is 0.357 e. The molecule has 0 aliphatic heterocycles. The van der Waals surface area contributed by atoms with Gasteiger partial charge in [-0.1, -0.05) is 32.8 Å². The number of hydrogen-bond donors (Lipinski definition) is 1. The molecule has 2 rings (SSSR count). The van der Waals surface area contributed by atoms with Crippen LogP contribution in [0.4, 0.5) is 5.82 Å². The first-order valence-corrected chi connectivity index (χ1v) is 7.09. The van der Waals surface area contributed by atoms with Gasteiger partial charge in [-0.25, -0.2) is 4.98 Å². The van der Waals surface area contributed by atoms with Gasteiger partial charge in [-0.05, 0) is 25.0 Å². The molecule has 0 spiro atoms. The predicted molar refractivity (Wildman–Crippen MR) is 76.9 cm³/mol. The van der Waals surface area contributed by atoms with E-state index in [0.29, 0.717) is 12.1 Å². The summed E-state index contributed by atoms with van der Waals surface area (Å²) in [4.78, 5) is 7.11. The van der Waals surface area contributed by atoms with Gasteiger partial charge in [0.1, 0.15) is 5.82 Å². The van der Waals surface area contributed by atoms with Crippen molar-refractivity contribution in [2.24, 2.45) is 0 Å². The maximum Gasteiger partial charge on any atom is 0.128 e. The van der Waals surface area contributed by atoms with Crippen molar-refractivity contribution in [3.63, 3.8) is 0 Å². The lowest BCUT2D eigenvalue weighted by atomic mass is 10.2. The smallest absolute Gasteiger partial charge is 0.128 e. The molecular weight excluding hydrogens is 222 g/mol. The Morgan fingerprint density at radius 3 is 2.72 bits per heavy atom. The topological polar surface area (TPSA) is 28.2 Å².